The summed E-state index contributed by atoms with van der Waals surface area (Å²) < 4.78 is 22.8. The van der Waals surface area contributed by atoms with Crippen LogP contribution in [0.3, 0.4) is 0 Å². The van der Waals surface area contributed by atoms with Crippen LogP contribution in [0.2, 0.25) is 5.02 Å². The third-order valence-corrected chi connectivity index (χ3v) is 5.46. The standard InChI is InChI=1S/C19H21ClN2O3S/c1-26(24,25)13-14-5-7-15(8-6-14)19(23)22-10-9-21-12-18(22)16-3-2-4-17(20)11-16/h2-8,11,18,21H,9-10,12-13H2,1H3. The number of carbonyl (C=O) groups excluding carboxylic acids is 1. The van der Waals surface area contributed by atoms with Crippen LogP contribution in [-0.2, 0) is 15.6 Å². The Hall–Kier alpha value is -1.89. The Bertz CT molecular complexity index is 897. The summed E-state index contributed by atoms with van der Waals surface area (Å²) in [7, 11) is -3.10. The number of hydrogen-bond acceptors (Lipinski definition) is 4. The summed E-state index contributed by atoms with van der Waals surface area (Å²) in [5.41, 5.74) is 2.22. The first-order valence-corrected chi connectivity index (χ1v) is 10.8. The lowest BCUT2D eigenvalue weighted by atomic mass is 10.0. The van der Waals surface area contributed by atoms with Crippen LogP contribution in [0, 0.1) is 0 Å². The lowest BCUT2D eigenvalue weighted by molar-refractivity contribution is 0.0634. The minimum Gasteiger partial charge on any atom is -0.329 e. The number of nitrogens with zero attached hydrogens (tertiary/aromatic N) is 1. The number of rotatable bonds is 4. The second-order valence-corrected chi connectivity index (χ2v) is 9.12. The monoisotopic (exact) mass is 392 g/mol. The van der Waals surface area contributed by atoms with E-state index in [9.17, 15) is 13.2 Å². The summed E-state index contributed by atoms with van der Waals surface area (Å²) >= 11 is 6.11. The Kier molecular flexibility index (Phi) is 5.65. The van der Waals surface area contributed by atoms with Gasteiger partial charge >= 0.3 is 0 Å². The van der Waals surface area contributed by atoms with E-state index >= 15 is 0 Å². The zero-order valence-corrected chi connectivity index (χ0v) is 16.1. The van der Waals surface area contributed by atoms with Crippen molar-refractivity contribution >= 4 is 27.3 Å². The topological polar surface area (TPSA) is 66.5 Å². The highest BCUT2D eigenvalue weighted by atomic mass is 35.5. The molecule has 3 rings (SSSR count). The first kappa shape index (κ1) is 18.9. The van der Waals surface area contributed by atoms with E-state index in [2.05, 4.69) is 5.32 Å². The van der Waals surface area contributed by atoms with Crippen molar-refractivity contribution in [3.8, 4) is 0 Å². The van der Waals surface area contributed by atoms with E-state index < -0.39 is 9.84 Å². The molecule has 26 heavy (non-hydrogen) atoms. The second kappa shape index (κ2) is 7.78. The summed E-state index contributed by atoms with van der Waals surface area (Å²) in [6.07, 6.45) is 1.20. The van der Waals surface area contributed by atoms with Gasteiger partial charge in [0.1, 0.15) is 0 Å². The molecule has 0 aliphatic carbocycles. The van der Waals surface area contributed by atoms with E-state index in [1.165, 1.54) is 6.26 Å². The molecule has 1 aliphatic rings. The van der Waals surface area contributed by atoms with E-state index in [0.717, 1.165) is 12.1 Å². The average molecular weight is 393 g/mol. The molecule has 2 aromatic carbocycles. The molecule has 1 saturated heterocycles. The summed E-state index contributed by atoms with van der Waals surface area (Å²) in [5.74, 6) is -0.0948. The van der Waals surface area contributed by atoms with Crippen LogP contribution in [0.1, 0.15) is 27.5 Å². The maximum atomic E-state index is 13.0. The number of carbonyl (C=O) groups is 1. The van der Waals surface area contributed by atoms with Crippen molar-refractivity contribution in [3.63, 3.8) is 0 Å². The fourth-order valence-corrected chi connectivity index (χ4v) is 4.17. The molecule has 7 heteroatoms. The number of sulfone groups is 1. The van der Waals surface area contributed by atoms with Crippen molar-refractivity contribution in [1.82, 2.24) is 10.2 Å². The quantitative estimate of drug-likeness (QED) is 0.868. The molecule has 1 heterocycles. The zero-order chi connectivity index (χ0) is 18.7. The Morgan fingerprint density at radius 2 is 1.96 bits per heavy atom. The predicted octanol–water partition coefficient (Wildman–Crippen LogP) is 2.67. The van der Waals surface area contributed by atoms with E-state index in [1.807, 2.05) is 29.2 Å². The molecule has 0 aromatic heterocycles. The number of hydrogen-bond donors (Lipinski definition) is 1. The van der Waals surface area contributed by atoms with Crippen molar-refractivity contribution < 1.29 is 13.2 Å². The first-order valence-electron chi connectivity index (χ1n) is 8.37. The van der Waals surface area contributed by atoms with Crippen LogP contribution in [-0.4, -0.2) is 45.1 Å². The van der Waals surface area contributed by atoms with Crippen LogP contribution in [0.4, 0.5) is 0 Å². The summed E-state index contributed by atoms with van der Waals surface area (Å²) in [5, 5.41) is 3.96. The maximum Gasteiger partial charge on any atom is 0.254 e. The van der Waals surface area contributed by atoms with Crippen LogP contribution in [0.15, 0.2) is 48.5 Å². The highest BCUT2D eigenvalue weighted by molar-refractivity contribution is 7.89. The van der Waals surface area contributed by atoms with Crippen molar-refractivity contribution in [1.29, 1.82) is 0 Å². The second-order valence-electron chi connectivity index (χ2n) is 6.54. The Labute approximate surface area is 158 Å². The number of amides is 1. The van der Waals surface area contributed by atoms with Gasteiger partial charge in [-0.3, -0.25) is 4.79 Å². The van der Waals surface area contributed by atoms with E-state index in [4.69, 9.17) is 11.6 Å². The number of halogens is 1. The van der Waals surface area contributed by atoms with E-state index in [0.29, 0.717) is 29.2 Å². The van der Waals surface area contributed by atoms with Gasteiger partial charge in [0.2, 0.25) is 0 Å². The smallest absolute Gasteiger partial charge is 0.254 e. The molecule has 1 N–H and O–H groups in total. The molecule has 1 fully saturated rings. The molecule has 138 valence electrons. The first-order chi connectivity index (χ1) is 12.3. The van der Waals surface area contributed by atoms with Gasteiger partial charge in [-0.05, 0) is 35.4 Å². The van der Waals surface area contributed by atoms with Crippen molar-refractivity contribution in [2.45, 2.75) is 11.8 Å². The summed E-state index contributed by atoms with van der Waals surface area (Å²) in [6.45, 7) is 1.99. The third-order valence-electron chi connectivity index (χ3n) is 4.37. The lowest BCUT2D eigenvalue weighted by Gasteiger charge is -2.36. The molecular weight excluding hydrogens is 372 g/mol. The maximum absolute atomic E-state index is 13.0. The van der Waals surface area contributed by atoms with Crippen LogP contribution >= 0.6 is 11.6 Å². The molecule has 0 radical (unpaired) electrons. The van der Waals surface area contributed by atoms with Crippen LogP contribution < -0.4 is 5.32 Å². The van der Waals surface area contributed by atoms with Crippen molar-refractivity contribution in [2.24, 2.45) is 0 Å². The largest absolute Gasteiger partial charge is 0.329 e. The molecule has 0 spiro atoms. The van der Waals surface area contributed by atoms with Crippen molar-refractivity contribution in [3.05, 3.63) is 70.2 Å². The van der Waals surface area contributed by atoms with Crippen molar-refractivity contribution in [2.75, 3.05) is 25.9 Å². The number of piperazine rings is 1. The molecule has 1 unspecified atom stereocenters. The minimum absolute atomic E-state index is 0.0275. The van der Waals surface area contributed by atoms with Gasteiger partial charge in [0.25, 0.3) is 5.91 Å². The molecule has 5 nitrogen and oxygen atoms in total. The predicted molar refractivity (Wildman–Crippen MR) is 103 cm³/mol. The van der Waals surface area contributed by atoms with Gasteiger partial charge in [0.15, 0.2) is 9.84 Å². The van der Waals surface area contributed by atoms with Gasteiger partial charge in [-0.25, -0.2) is 8.42 Å². The molecule has 0 saturated carbocycles. The van der Waals surface area contributed by atoms with Crippen LogP contribution in [0.5, 0.6) is 0 Å². The third kappa shape index (κ3) is 4.63. The lowest BCUT2D eigenvalue weighted by Crippen LogP contribution is -2.48. The minimum atomic E-state index is -3.10. The highest BCUT2D eigenvalue weighted by Crippen LogP contribution is 2.26. The van der Waals surface area contributed by atoms with Crippen LogP contribution in [0.25, 0.3) is 0 Å². The molecular formula is C19H21ClN2O3S. The van der Waals surface area contributed by atoms with Gasteiger partial charge in [0, 0.05) is 36.5 Å². The van der Waals surface area contributed by atoms with Gasteiger partial charge in [-0.1, -0.05) is 35.9 Å². The summed E-state index contributed by atoms with van der Waals surface area (Å²) in [6, 6.07) is 14.2. The Morgan fingerprint density at radius 1 is 1.23 bits per heavy atom. The van der Waals surface area contributed by atoms with Gasteiger partial charge in [-0.15, -0.1) is 0 Å². The SMILES string of the molecule is CS(=O)(=O)Cc1ccc(C(=O)N2CCNCC2c2cccc(Cl)c2)cc1. The van der Waals surface area contributed by atoms with Gasteiger partial charge < -0.3 is 10.2 Å². The fourth-order valence-electron chi connectivity index (χ4n) is 3.17. The van der Waals surface area contributed by atoms with E-state index in [-0.39, 0.29) is 17.7 Å². The Balaban J connectivity index is 1.82. The normalized spacial score (nSPS) is 17.9. The van der Waals surface area contributed by atoms with E-state index in [1.54, 1.807) is 24.3 Å². The zero-order valence-electron chi connectivity index (χ0n) is 14.5. The number of benzene rings is 2. The number of nitrogens with one attached hydrogen (secondary N) is 1. The highest BCUT2D eigenvalue weighted by Gasteiger charge is 2.28. The molecule has 0 bridgehead atoms. The summed E-state index contributed by atoms with van der Waals surface area (Å²) in [4.78, 5) is 14.9. The molecule has 1 aliphatic heterocycles. The molecule has 1 amide bonds. The van der Waals surface area contributed by atoms with Gasteiger partial charge in [-0.2, -0.15) is 0 Å². The molecule has 2 aromatic rings. The fraction of sp³-hybridized carbons (Fsp3) is 0.316. The Morgan fingerprint density at radius 3 is 2.62 bits per heavy atom. The average Bonchev–Trinajstić information content (AvgIpc) is 2.60. The van der Waals surface area contributed by atoms with Gasteiger partial charge in [0.05, 0.1) is 11.8 Å². The molecule has 1 atom stereocenters.